The van der Waals surface area contributed by atoms with Gasteiger partial charge in [-0.05, 0) is 32.9 Å². The zero-order valence-electron chi connectivity index (χ0n) is 17.6. The Bertz CT molecular complexity index is 911. The number of methoxy groups -OCH3 is 1. The van der Waals surface area contributed by atoms with Crippen molar-refractivity contribution in [3.05, 3.63) is 17.7 Å². The molecule has 1 fully saturated rings. The van der Waals surface area contributed by atoms with Crippen molar-refractivity contribution in [3.8, 4) is 6.08 Å². The van der Waals surface area contributed by atoms with E-state index in [1.807, 2.05) is 25.7 Å². The van der Waals surface area contributed by atoms with Crippen molar-refractivity contribution in [1.82, 2.24) is 9.88 Å². The highest BCUT2D eigenvalue weighted by molar-refractivity contribution is 6.04. The zero-order chi connectivity index (χ0) is 21.9. The first kappa shape index (κ1) is 21.7. The molecule has 2 heterocycles. The molecule has 30 heavy (non-hydrogen) atoms. The van der Waals surface area contributed by atoms with E-state index in [2.05, 4.69) is 4.98 Å². The Kier molecular flexibility index (Phi) is 6.35. The van der Waals surface area contributed by atoms with E-state index in [4.69, 9.17) is 18.6 Å². The summed E-state index contributed by atoms with van der Waals surface area (Å²) in [5, 5.41) is 9.48. The molecule has 164 valence electrons. The van der Waals surface area contributed by atoms with Crippen LogP contribution in [0.25, 0.3) is 11.1 Å². The third-order valence-electron chi connectivity index (χ3n) is 4.52. The number of carboxylic acid groups (broad SMARTS) is 1. The van der Waals surface area contributed by atoms with Crippen LogP contribution in [0.3, 0.4) is 0 Å². The van der Waals surface area contributed by atoms with E-state index in [0.29, 0.717) is 44.1 Å². The molecule has 1 N–H and O–H groups in total. The summed E-state index contributed by atoms with van der Waals surface area (Å²) in [5.41, 5.74) is 0.751. The number of piperazine rings is 1. The number of amides is 1. The molecule has 2 aromatic rings. The van der Waals surface area contributed by atoms with Gasteiger partial charge in [-0.15, -0.1) is 0 Å². The van der Waals surface area contributed by atoms with Crippen LogP contribution in [0.1, 0.15) is 31.1 Å². The molecule has 3 rings (SSSR count). The summed E-state index contributed by atoms with van der Waals surface area (Å²) in [7, 11) is 1.55. The van der Waals surface area contributed by atoms with Gasteiger partial charge < -0.3 is 33.5 Å². The summed E-state index contributed by atoms with van der Waals surface area (Å²) < 4.78 is 21.5. The van der Waals surface area contributed by atoms with Crippen molar-refractivity contribution in [3.63, 3.8) is 0 Å². The van der Waals surface area contributed by atoms with Gasteiger partial charge in [-0.1, -0.05) is 0 Å². The lowest BCUT2D eigenvalue weighted by Gasteiger charge is -2.36. The van der Waals surface area contributed by atoms with E-state index >= 15 is 0 Å². The van der Waals surface area contributed by atoms with Crippen molar-refractivity contribution in [1.29, 1.82) is 0 Å². The molecule has 1 aliphatic rings. The van der Waals surface area contributed by atoms with Crippen molar-refractivity contribution < 1.29 is 33.3 Å². The lowest BCUT2D eigenvalue weighted by atomic mass is 10.1. The van der Waals surface area contributed by atoms with Crippen LogP contribution in [0.5, 0.6) is 6.08 Å². The average Bonchev–Trinajstić information content (AvgIpc) is 3.10. The van der Waals surface area contributed by atoms with Gasteiger partial charge in [0.15, 0.2) is 5.58 Å². The highest BCUT2D eigenvalue weighted by Gasteiger charge is 2.28. The molecule has 1 aliphatic heterocycles. The first-order valence-electron chi connectivity index (χ1n) is 9.71. The van der Waals surface area contributed by atoms with Crippen molar-refractivity contribution in [2.24, 2.45) is 0 Å². The number of benzene rings is 1. The highest BCUT2D eigenvalue weighted by Crippen LogP contribution is 2.33. The highest BCUT2D eigenvalue weighted by atomic mass is 16.6. The largest absolute Gasteiger partial charge is 0.478 e. The van der Waals surface area contributed by atoms with Crippen molar-refractivity contribution >= 4 is 28.8 Å². The van der Waals surface area contributed by atoms with Gasteiger partial charge in [0.25, 0.3) is 0 Å². The Morgan fingerprint density at radius 2 is 1.87 bits per heavy atom. The lowest BCUT2D eigenvalue weighted by Crippen LogP contribution is -2.50. The molecule has 10 nitrogen and oxygen atoms in total. The van der Waals surface area contributed by atoms with Crippen LogP contribution in [0.15, 0.2) is 16.5 Å². The third kappa shape index (κ3) is 4.93. The van der Waals surface area contributed by atoms with Gasteiger partial charge in [0, 0.05) is 33.3 Å². The van der Waals surface area contributed by atoms with Crippen LogP contribution >= 0.6 is 0 Å². The molecule has 10 heteroatoms. The monoisotopic (exact) mass is 421 g/mol. The maximum absolute atomic E-state index is 12.3. The maximum Gasteiger partial charge on any atom is 0.410 e. The SMILES string of the molecule is COCCOc1nc2c(C(=O)O)ccc(N3CCN(C(=O)OC(C)(C)C)CC3)c2o1. The molecule has 0 atom stereocenters. The summed E-state index contributed by atoms with van der Waals surface area (Å²) in [4.78, 5) is 31.8. The van der Waals surface area contributed by atoms with E-state index in [-0.39, 0.29) is 29.9 Å². The van der Waals surface area contributed by atoms with Crippen molar-refractivity contribution in [2.75, 3.05) is 51.4 Å². The quantitative estimate of drug-likeness (QED) is 0.703. The third-order valence-corrected chi connectivity index (χ3v) is 4.52. The molecule has 0 radical (unpaired) electrons. The fourth-order valence-corrected chi connectivity index (χ4v) is 3.13. The number of oxazole rings is 1. The second-order valence-electron chi connectivity index (χ2n) is 7.89. The standard InChI is InChI=1S/C20H27N3O7/c1-20(2,3)30-19(26)23-9-7-22(8-10-23)14-6-5-13(17(24)25)15-16(14)29-18(21-15)28-12-11-27-4/h5-6H,7-12H2,1-4H3,(H,24,25). The first-order valence-corrected chi connectivity index (χ1v) is 9.71. The minimum Gasteiger partial charge on any atom is -0.478 e. The van der Waals surface area contributed by atoms with E-state index in [9.17, 15) is 14.7 Å². The number of hydrogen-bond donors (Lipinski definition) is 1. The van der Waals surface area contributed by atoms with Crippen LogP contribution in [-0.2, 0) is 9.47 Å². The number of hydrogen-bond acceptors (Lipinski definition) is 8. The fraction of sp³-hybridized carbons (Fsp3) is 0.550. The molecule has 0 spiro atoms. The number of ether oxygens (including phenoxy) is 3. The van der Waals surface area contributed by atoms with Crippen molar-refractivity contribution in [2.45, 2.75) is 26.4 Å². The van der Waals surface area contributed by atoms with Gasteiger partial charge in [0.2, 0.25) is 0 Å². The molecule has 0 bridgehead atoms. The van der Waals surface area contributed by atoms with Gasteiger partial charge >= 0.3 is 18.1 Å². The number of carbonyl (C=O) groups is 2. The molecule has 1 aromatic carbocycles. The molecule has 1 aromatic heterocycles. The van der Waals surface area contributed by atoms with Crippen LogP contribution in [0, 0.1) is 0 Å². The predicted molar refractivity (Wildman–Crippen MR) is 108 cm³/mol. The van der Waals surface area contributed by atoms with Gasteiger partial charge in [-0.3, -0.25) is 0 Å². The Morgan fingerprint density at radius 3 is 2.47 bits per heavy atom. The summed E-state index contributed by atoms with van der Waals surface area (Å²) in [5.74, 6) is -1.10. The Hall–Kier alpha value is -3.01. The van der Waals surface area contributed by atoms with E-state index < -0.39 is 11.6 Å². The Morgan fingerprint density at radius 1 is 1.17 bits per heavy atom. The normalized spacial score (nSPS) is 14.8. The van der Waals surface area contributed by atoms with E-state index in [1.165, 1.54) is 6.07 Å². The van der Waals surface area contributed by atoms with E-state index in [0.717, 1.165) is 0 Å². The summed E-state index contributed by atoms with van der Waals surface area (Å²) in [6.45, 7) is 8.11. The Balaban J connectivity index is 1.80. The number of carboxylic acids is 1. The number of rotatable bonds is 6. The van der Waals surface area contributed by atoms with E-state index in [1.54, 1.807) is 18.1 Å². The fourth-order valence-electron chi connectivity index (χ4n) is 3.13. The molecular weight excluding hydrogens is 394 g/mol. The number of nitrogens with zero attached hydrogens (tertiary/aromatic N) is 3. The summed E-state index contributed by atoms with van der Waals surface area (Å²) in [6, 6.07) is 3.20. The van der Waals surface area contributed by atoms with Crippen LogP contribution < -0.4 is 9.64 Å². The number of aromatic carboxylic acids is 1. The molecule has 0 unspecified atom stereocenters. The topological polar surface area (TPSA) is 115 Å². The molecule has 0 saturated carbocycles. The lowest BCUT2D eigenvalue weighted by molar-refractivity contribution is 0.0240. The summed E-state index contributed by atoms with van der Waals surface area (Å²) in [6.07, 6.45) is -0.355. The Labute approximate surface area is 174 Å². The minimum absolute atomic E-state index is 0.00982. The minimum atomic E-state index is -1.10. The molecule has 1 saturated heterocycles. The number of anilines is 1. The first-order chi connectivity index (χ1) is 14.2. The second kappa shape index (κ2) is 8.78. The molecular formula is C20H27N3O7. The number of aromatic nitrogens is 1. The number of fused-ring (bicyclic) bond motifs is 1. The molecule has 1 amide bonds. The van der Waals surface area contributed by atoms with Crippen LogP contribution in [-0.4, -0.2) is 79.2 Å². The van der Waals surface area contributed by atoms with Crippen LogP contribution in [0.4, 0.5) is 10.5 Å². The predicted octanol–water partition coefficient (Wildman–Crippen LogP) is 2.61. The molecule has 0 aliphatic carbocycles. The van der Waals surface area contributed by atoms with Crippen LogP contribution in [0.2, 0.25) is 0 Å². The maximum atomic E-state index is 12.3. The van der Waals surface area contributed by atoms with Gasteiger partial charge in [-0.25, -0.2) is 9.59 Å². The van der Waals surface area contributed by atoms with Gasteiger partial charge in [-0.2, -0.15) is 4.98 Å². The average molecular weight is 421 g/mol. The van der Waals surface area contributed by atoms with Gasteiger partial charge in [0.05, 0.1) is 17.9 Å². The summed E-state index contributed by atoms with van der Waals surface area (Å²) >= 11 is 0. The zero-order valence-corrected chi connectivity index (χ0v) is 17.6. The van der Waals surface area contributed by atoms with Gasteiger partial charge in [0.1, 0.15) is 17.7 Å². The smallest absolute Gasteiger partial charge is 0.410 e. The second-order valence-corrected chi connectivity index (χ2v) is 7.89. The number of carbonyl (C=O) groups excluding carboxylic acids is 1.